The number of nitrogens with zero attached hydrogens (tertiary/aromatic N) is 1. The Morgan fingerprint density at radius 1 is 1.00 bits per heavy atom. The maximum Gasteiger partial charge on any atom is 0.0554 e. The molecule has 1 atom stereocenters. The summed E-state index contributed by atoms with van der Waals surface area (Å²) in [6.45, 7) is 10.6. The van der Waals surface area contributed by atoms with Crippen LogP contribution in [0.2, 0.25) is 0 Å². The van der Waals surface area contributed by atoms with Crippen LogP contribution in [-0.2, 0) is 0 Å². The van der Waals surface area contributed by atoms with Gasteiger partial charge in [-0.2, -0.15) is 0 Å². The lowest BCUT2D eigenvalue weighted by Crippen LogP contribution is -2.30. The quantitative estimate of drug-likeness (QED) is 0.505. The molecule has 0 amide bonds. The first-order valence-electron chi connectivity index (χ1n) is 10.6. The molecule has 2 aromatic carbocycles. The van der Waals surface area contributed by atoms with Crippen molar-refractivity contribution in [2.45, 2.75) is 39.7 Å². The van der Waals surface area contributed by atoms with Crippen LogP contribution in [0.5, 0.6) is 0 Å². The van der Waals surface area contributed by atoms with Crippen molar-refractivity contribution in [1.82, 2.24) is 0 Å². The largest absolute Gasteiger partial charge is 0.399 e. The lowest BCUT2D eigenvalue weighted by atomic mass is 9.98. The molecule has 0 spiro atoms. The number of para-hydroxylation sites is 1. The molecule has 0 saturated carbocycles. The van der Waals surface area contributed by atoms with Crippen molar-refractivity contribution in [1.29, 1.82) is 0 Å². The van der Waals surface area contributed by atoms with E-state index in [0.29, 0.717) is 6.04 Å². The Labute approximate surface area is 182 Å². The Kier molecular flexibility index (Phi) is 9.47. The fraction of sp³-hybridized carbons (Fsp3) is 0.214. The SMILES string of the molecule is C=C1/C=C\C=C/N(C2C=CC=CC2)c2ccc(C)cc21.CCC.Nc1ccccc1. The molecule has 0 radical (unpaired) electrons. The summed E-state index contributed by atoms with van der Waals surface area (Å²) in [6.07, 6.45) is 19.4. The summed E-state index contributed by atoms with van der Waals surface area (Å²) in [7, 11) is 0. The van der Waals surface area contributed by atoms with Crippen LogP contribution in [0.15, 0.2) is 104 Å². The molecule has 30 heavy (non-hydrogen) atoms. The predicted octanol–water partition coefficient (Wildman–Crippen LogP) is 7.47. The second kappa shape index (κ2) is 12.3. The minimum atomic E-state index is 0.372. The van der Waals surface area contributed by atoms with Crippen molar-refractivity contribution in [3.05, 3.63) is 115 Å². The summed E-state index contributed by atoms with van der Waals surface area (Å²) in [5.74, 6) is 0. The summed E-state index contributed by atoms with van der Waals surface area (Å²) in [5.41, 5.74) is 11.0. The number of aryl methyl sites for hydroxylation is 1. The second-order valence-electron chi connectivity index (χ2n) is 7.39. The Morgan fingerprint density at radius 3 is 2.33 bits per heavy atom. The van der Waals surface area contributed by atoms with E-state index in [-0.39, 0.29) is 0 Å². The van der Waals surface area contributed by atoms with Gasteiger partial charge in [-0.1, -0.05) is 93.1 Å². The van der Waals surface area contributed by atoms with Gasteiger partial charge in [-0.25, -0.2) is 0 Å². The van der Waals surface area contributed by atoms with Gasteiger partial charge in [-0.3, -0.25) is 0 Å². The molecule has 2 N–H and O–H groups in total. The van der Waals surface area contributed by atoms with Crippen molar-refractivity contribution >= 4 is 16.9 Å². The third-order valence-corrected chi connectivity index (χ3v) is 4.55. The minimum absolute atomic E-state index is 0.372. The number of allylic oxidation sites excluding steroid dienone is 6. The van der Waals surface area contributed by atoms with Crippen LogP contribution in [0.3, 0.4) is 0 Å². The van der Waals surface area contributed by atoms with Gasteiger partial charge in [-0.15, -0.1) is 0 Å². The minimum Gasteiger partial charge on any atom is -0.399 e. The average molecular weight is 399 g/mol. The van der Waals surface area contributed by atoms with E-state index >= 15 is 0 Å². The molecule has 2 aliphatic rings. The number of rotatable bonds is 1. The molecular weight excluding hydrogens is 364 g/mol. The molecule has 4 rings (SSSR count). The van der Waals surface area contributed by atoms with Crippen LogP contribution in [-0.4, -0.2) is 6.04 Å². The highest BCUT2D eigenvalue weighted by Crippen LogP contribution is 2.32. The van der Waals surface area contributed by atoms with Gasteiger partial charge < -0.3 is 10.6 Å². The highest BCUT2D eigenvalue weighted by atomic mass is 15.1. The van der Waals surface area contributed by atoms with E-state index in [1.54, 1.807) is 0 Å². The number of hydrogen-bond acceptors (Lipinski definition) is 2. The lowest BCUT2D eigenvalue weighted by Gasteiger charge is -2.31. The molecule has 1 aliphatic heterocycles. The normalized spacial score (nSPS) is 18.6. The fourth-order valence-corrected chi connectivity index (χ4v) is 3.13. The first-order valence-corrected chi connectivity index (χ1v) is 10.6. The Morgan fingerprint density at radius 2 is 1.73 bits per heavy atom. The molecule has 0 fully saturated rings. The van der Waals surface area contributed by atoms with Gasteiger partial charge in [0.2, 0.25) is 0 Å². The van der Waals surface area contributed by atoms with Crippen molar-refractivity contribution in [3.63, 3.8) is 0 Å². The number of nitrogens with two attached hydrogens (primary N) is 1. The van der Waals surface area contributed by atoms with Gasteiger partial charge in [0.05, 0.1) is 6.04 Å². The zero-order valence-corrected chi connectivity index (χ0v) is 18.5. The van der Waals surface area contributed by atoms with Crippen LogP contribution < -0.4 is 10.6 Å². The summed E-state index contributed by atoms with van der Waals surface area (Å²) < 4.78 is 0. The highest BCUT2D eigenvalue weighted by molar-refractivity contribution is 5.83. The highest BCUT2D eigenvalue weighted by Gasteiger charge is 2.18. The standard InChI is InChI=1S/C19H19N.C6H7N.C3H8/c1-15-11-12-19-18(14-15)16(2)8-6-7-13-20(19)17-9-4-3-5-10-17;7-6-4-2-1-3-5-6;1-3-2/h3-9,11-14,17H,2,10H2,1H3;1-5H,7H2;3H2,1-2H3/b8-6-,13-7-;;. The summed E-state index contributed by atoms with van der Waals surface area (Å²) >= 11 is 0. The molecule has 156 valence electrons. The molecule has 0 aromatic heterocycles. The molecule has 2 heteroatoms. The predicted molar refractivity (Wildman–Crippen MR) is 134 cm³/mol. The molecule has 2 nitrogen and oxygen atoms in total. The van der Waals surface area contributed by atoms with E-state index in [0.717, 1.165) is 17.7 Å². The molecule has 0 saturated heterocycles. The average Bonchev–Trinajstić information content (AvgIpc) is 2.75. The third kappa shape index (κ3) is 6.97. The maximum atomic E-state index is 5.36. The van der Waals surface area contributed by atoms with Crippen molar-refractivity contribution in [3.8, 4) is 0 Å². The van der Waals surface area contributed by atoms with Gasteiger partial charge in [0, 0.05) is 23.1 Å². The van der Waals surface area contributed by atoms with E-state index in [4.69, 9.17) is 5.73 Å². The van der Waals surface area contributed by atoms with E-state index < -0.39 is 0 Å². The van der Waals surface area contributed by atoms with Gasteiger partial charge in [0.1, 0.15) is 0 Å². The van der Waals surface area contributed by atoms with Gasteiger partial charge in [0.25, 0.3) is 0 Å². The maximum absolute atomic E-state index is 5.36. The smallest absolute Gasteiger partial charge is 0.0554 e. The molecule has 1 unspecified atom stereocenters. The topological polar surface area (TPSA) is 29.3 Å². The molecule has 1 aliphatic carbocycles. The summed E-state index contributed by atoms with van der Waals surface area (Å²) in [6, 6.07) is 16.4. The Bertz CT molecular complexity index is 917. The first-order chi connectivity index (χ1) is 14.6. The molecule has 1 heterocycles. The monoisotopic (exact) mass is 398 g/mol. The zero-order chi connectivity index (χ0) is 21.8. The molecule has 2 aromatic rings. The van der Waals surface area contributed by atoms with Crippen molar-refractivity contribution in [2.75, 3.05) is 10.6 Å². The van der Waals surface area contributed by atoms with Crippen LogP contribution in [0.1, 0.15) is 37.8 Å². The van der Waals surface area contributed by atoms with Crippen molar-refractivity contribution < 1.29 is 0 Å². The Hall–Kier alpha value is -3.26. The van der Waals surface area contributed by atoms with E-state index in [2.05, 4.69) is 99.2 Å². The van der Waals surface area contributed by atoms with Crippen LogP contribution in [0.25, 0.3) is 5.57 Å². The van der Waals surface area contributed by atoms with E-state index in [1.807, 2.05) is 30.3 Å². The third-order valence-electron chi connectivity index (χ3n) is 4.55. The van der Waals surface area contributed by atoms with Crippen LogP contribution in [0.4, 0.5) is 11.4 Å². The van der Waals surface area contributed by atoms with E-state index in [9.17, 15) is 0 Å². The second-order valence-corrected chi connectivity index (χ2v) is 7.39. The zero-order valence-electron chi connectivity index (χ0n) is 18.5. The number of benzene rings is 2. The number of nitrogen functional groups attached to an aromatic ring is 1. The van der Waals surface area contributed by atoms with Crippen molar-refractivity contribution in [2.24, 2.45) is 0 Å². The number of hydrogen-bond donors (Lipinski definition) is 1. The Balaban J connectivity index is 0.000000266. The number of fused-ring (bicyclic) bond motifs is 1. The van der Waals surface area contributed by atoms with Crippen LogP contribution >= 0.6 is 0 Å². The molecule has 0 bridgehead atoms. The van der Waals surface area contributed by atoms with Gasteiger partial charge in [-0.05, 0) is 49.3 Å². The lowest BCUT2D eigenvalue weighted by molar-refractivity contribution is 0.778. The van der Waals surface area contributed by atoms with Gasteiger partial charge in [0.15, 0.2) is 0 Å². The van der Waals surface area contributed by atoms with E-state index in [1.165, 1.54) is 23.2 Å². The van der Waals surface area contributed by atoms with Gasteiger partial charge >= 0.3 is 0 Å². The number of anilines is 2. The fourth-order valence-electron chi connectivity index (χ4n) is 3.13. The molecular formula is C28H34N2. The first kappa shape index (κ1) is 23.0. The summed E-state index contributed by atoms with van der Waals surface area (Å²) in [5, 5.41) is 0. The van der Waals surface area contributed by atoms with Crippen LogP contribution in [0, 0.1) is 6.92 Å². The summed E-state index contributed by atoms with van der Waals surface area (Å²) in [4.78, 5) is 2.34.